The molecule has 1 rings (SSSR count). The minimum atomic E-state index is -0.684. The Morgan fingerprint density at radius 2 is 2.29 bits per heavy atom. The van der Waals surface area contributed by atoms with Gasteiger partial charge >= 0.3 is 0 Å². The maximum Gasteiger partial charge on any atom is 0.182 e. The van der Waals surface area contributed by atoms with Gasteiger partial charge in [-0.25, -0.2) is 0 Å². The first-order valence-electron chi connectivity index (χ1n) is 5.39. The van der Waals surface area contributed by atoms with E-state index in [1.54, 1.807) is 12.3 Å². The molecule has 4 nitrogen and oxygen atoms in total. The molecule has 0 spiro atoms. The Hall–Kier alpha value is -1.86. The summed E-state index contributed by atoms with van der Waals surface area (Å²) >= 11 is 0. The number of nitrogens with zero attached hydrogens (tertiary/aromatic N) is 1. The number of hydrogen-bond acceptors (Lipinski definition) is 4. The average molecular weight is 232 g/mol. The molecule has 0 aliphatic carbocycles. The van der Waals surface area contributed by atoms with Crippen molar-refractivity contribution in [1.29, 1.82) is 0 Å². The third kappa shape index (κ3) is 3.89. The maximum atomic E-state index is 11.9. The van der Waals surface area contributed by atoms with Crippen molar-refractivity contribution in [1.82, 2.24) is 4.98 Å². The van der Waals surface area contributed by atoms with Crippen LogP contribution >= 0.6 is 0 Å². The van der Waals surface area contributed by atoms with Gasteiger partial charge in [-0.3, -0.25) is 9.78 Å². The van der Waals surface area contributed by atoms with E-state index in [-0.39, 0.29) is 18.3 Å². The van der Waals surface area contributed by atoms with Crippen LogP contribution in [0, 0.1) is 12.3 Å². The lowest BCUT2D eigenvalue weighted by molar-refractivity contribution is 0.0961. The molecule has 0 aliphatic heterocycles. The Labute approximate surface area is 101 Å². The van der Waals surface area contributed by atoms with Crippen molar-refractivity contribution in [3.8, 4) is 18.1 Å². The lowest BCUT2D eigenvalue weighted by Crippen LogP contribution is -2.30. The van der Waals surface area contributed by atoms with Gasteiger partial charge in [-0.1, -0.05) is 0 Å². The van der Waals surface area contributed by atoms with E-state index >= 15 is 0 Å². The first-order valence-corrected chi connectivity index (χ1v) is 5.39. The summed E-state index contributed by atoms with van der Waals surface area (Å²) in [6, 6.07) is 0.946. The molecule has 1 aromatic heterocycles. The van der Waals surface area contributed by atoms with Crippen molar-refractivity contribution in [2.75, 3.05) is 0 Å². The van der Waals surface area contributed by atoms with Crippen LogP contribution in [0.25, 0.3) is 0 Å². The highest BCUT2D eigenvalue weighted by Gasteiger charge is 2.15. The largest absolute Gasteiger partial charge is 0.489 e. The number of aromatic nitrogens is 1. The predicted molar refractivity (Wildman–Crippen MR) is 65.8 cm³/mol. The number of pyridine rings is 1. The van der Waals surface area contributed by atoms with Gasteiger partial charge in [0.15, 0.2) is 5.78 Å². The number of carbonyl (C=O) groups is 1. The highest BCUT2D eigenvalue weighted by Crippen LogP contribution is 2.14. The minimum Gasteiger partial charge on any atom is -0.489 e. The van der Waals surface area contributed by atoms with Gasteiger partial charge in [0.05, 0.1) is 18.3 Å². The summed E-state index contributed by atoms with van der Waals surface area (Å²) in [6.45, 7) is 3.80. The third-order valence-electron chi connectivity index (χ3n) is 2.04. The van der Waals surface area contributed by atoms with Gasteiger partial charge in [-0.05, 0) is 19.9 Å². The smallest absolute Gasteiger partial charge is 0.182 e. The van der Waals surface area contributed by atoms with E-state index in [0.717, 1.165) is 0 Å². The van der Waals surface area contributed by atoms with Crippen LogP contribution in [0.3, 0.4) is 0 Å². The van der Waals surface area contributed by atoms with Crippen molar-refractivity contribution in [2.45, 2.75) is 32.4 Å². The van der Waals surface area contributed by atoms with Crippen LogP contribution in [0.5, 0.6) is 5.75 Å². The van der Waals surface area contributed by atoms with Crippen LogP contribution in [0.2, 0.25) is 0 Å². The molecular formula is C13H16N2O2. The lowest BCUT2D eigenvalue weighted by atomic mass is 10.0. The first kappa shape index (κ1) is 13.2. The summed E-state index contributed by atoms with van der Waals surface area (Å²) in [7, 11) is 0. The Bertz CT molecular complexity index is 435. The summed E-state index contributed by atoms with van der Waals surface area (Å²) in [5.74, 6) is 2.70. The van der Waals surface area contributed by atoms with Gasteiger partial charge in [0.2, 0.25) is 0 Å². The summed E-state index contributed by atoms with van der Waals surface area (Å²) in [5.41, 5.74) is 6.07. The number of rotatable bonds is 5. The number of Topliss-reactive ketones (excluding diaryl/α,β-unsaturated/α-hetero) is 1. The molecule has 17 heavy (non-hydrogen) atoms. The van der Waals surface area contributed by atoms with Crippen LogP contribution < -0.4 is 10.5 Å². The lowest BCUT2D eigenvalue weighted by Gasteiger charge is -2.11. The summed E-state index contributed by atoms with van der Waals surface area (Å²) in [4.78, 5) is 15.8. The van der Waals surface area contributed by atoms with E-state index in [1.165, 1.54) is 6.20 Å². The second-order valence-electron chi connectivity index (χ2n) is 3.95. The third-order valence-corrected chi connectivity index (χ3v) is 2.04. The normalized spacial score (nSPS) is 11.9. The van der Waals surface area contributed by atoms with E-state index in [9.17, 15) is 4.79 Å². The molecule has 0 bridgehead atoms. The summed E-state index contributed by atoms with van der Waals surface area (Å²) < 4.78 is 5.45. The van der Waals surface area contributed by atoms with Gasteiger partial charge in [0, 0.05) is 18.2 Å². The first-order chi connectivity index (χ1) is 8.04. The van der Waals surface area contributed by atoms with E-state index < -0.39 is 6.04 Å². The molecule has 0 radical (unpaired) electrons. The molecule has 2 N–H and O–H groups in total. The molecule has 1 unspecified atom stereocenters. The van der Waals surface area contributed by atoms with Crippen LogP contribution in [-0.4, -0.2) is 22.9 Å². The van der Waals surface area contributed by atoms with Gasteiger partial charge in [0.1, 0.15) is 5.75 Å². The highest BCUT2D eigenvalue weighted by molar-refractivity contribution is 6.00. The molecule has 90 valence electrons. The van der Waals surface area contributed by atoms with Crippen molar-refractivity contribution in [2.24, 2.45) is 5.73 Å². The molecule has 0 aliphatic rings. The topological polar surface area (TPSA) is 65.2 Å². The molecule has 1 aromatic rings. The molecule has 1 atom stereocenters. The molecule has 0 amide bonds. The molecule has 4 heteroatoms. The SMILES string of the molecule is C#CCC(N)C(=O)c1cncc(OC(C)C)c1. The predicted octanol–water partition coefficient (Wildman–Crippen LogP) is 1.40. The monoisotopic (exact) mass is 232 g/mol. The maximum absolute atomic E-state index is 11.9. The quantitative estimate of drug-likeness (QED) is 0.615. The van der Waals surface area contributed by atoms with E-state index in [0.29, 0.717) is 11.3 Å². The van der Waals surface area contributed by atoms with Gasteiger partial charge < -0.3 is 10.5 Å². The van der Waals surface area contributed by atoms with Crippen molar-refractivity contribution >= 4 is 5.78 Å². The molecule has 0 saturated heterocycles. The van der Waals surface area contributed by atoms with E-state index in [1.807, 2.05) is 13.8 Å². The standard InChI is InChI=1S/C13H16N2O2/c1-4-5-12(14)13(16)10-6-11(8-15-7-10)17-9(2)3/h1,6-9,12H,5,14H2,2-3H3. The molecule has 0 aromatic carbocycles. The van der Waals surface area contributed by atoms with Crippen molar-refractivity contribution in [3.05, 3.63) is 24.0 Å². The second kappa shape index (κ2) is 6.02. The highest BCUT2D eigenvalue weighted by atomic mass is 16.5. The van der Waals surface area contributed by atoms with E-state index in [4.69, 9.17) is 16.9 Å². The number of hydrogen-bond donors (Lipinski definition) is 1. The summed E-state index contributed by atoms with van der Waals surface area (Å²) in [6.07, 6.45) is 8.39. The second-order valence-corrected chi connectivity index (χ2v) is 3.95. The molecular weight excluding hydrogens is 216 g/mol. The molecule has 1 heterocycles. The van der Waals surface area contributed by atoms with Crippen LogP contribution in [-0.2, 0) is 0 Å². The van der Waals surface area contributed by atoms with Crippen LogP contribution in [0.4, 0.5) is 0 Å². The number of carbonyl (C=O) groups excluding carboxylic acids is 1. The summed E-state index contributed by atoms with van der Waals surface area (Å²) in [5, 5.41) is 0. The van der Waals surface area contributed by atoms with Crippen LogP contribution in [0.15, 0.2) is 18.5 Å². The zero-order valence-electron chi connectivity index (χ0n) is 10.0. The van der Waals surface area contributed by atoms with Crippen molar-refractivity contribution < 1.29 is 9.53 Å². The Morgan fingerprint density at radius 1 is 1.59 bits per heavy atom. The number of terminal acetylenes is 1. The Kier molecular flexibility index (Phi) is 4.68. The number of ketones is 1. The Morgan fingerprint density at radius 3 is 2.88 bits per heavy atom. The van der Waals surface area contributed by atoms with Gasteiger partial charge in [0.25, 0.3) is 0 Å². The number of nitrogens with two attached hydrogens (primary N) is 1. The molecule has 0 fully saturated rings. The van der Waals surface area contributed by atoms with Gasteiger partial charge in [-0.2, -0.15) is 0 Å². The van der Waals surface area contributed by atoms with Gasteiger partial charge in [-0.15, -0.1) is 12.3 Å². The van der Waals surface area contributed by atoms with Crippen LogP contribution in [0.1, 0.15) is 30.6 Å². The van der Waals surface area contributed by atoms with E-state index in [2.05, 4.69) is 10.9 Å². The molecule has 0 saturated carbocycles. The zero-order chi connectivity index (χ0) is 12.8. The van der Waals surface area contributed by atoms with Crippen molar-refractivity contribution in [3.63, 3.8) is 0 Å². The fourth-order valence-corrected chi connectivity index (χ4v) is 1.32. The Balaban J connectivity index is 2.84. The fraction of sp³-hybridized carbons (Fsp3) is 0.385. The zero-order valence-corrected chi connectivity index (χ0v) is 10.0. The average Bonchev–Trinajstić information content (AvgIpc) is 2.28. The minimum absolute atomic E-state index is 0.0292. The fourth-order valence-electron chi connectivity index (χ4n) is 1.32. The number of ether oxygens (including phenoxy) is 1.